The van der Waals surface area contributed by atoms with E-state index in [9.17, 15) is 0 Å². The number of aromatic nitrogens is 1. The van der Waals surface area contributed by atoms with Gasteiger partial charge >= 0.3 is 0 Å². The Morgan fingerprint density at radius 3 is 3.00 bits per heavy atom. The standard InChI is InChI=1S/C8H7BrN2OS/c1-12-4-2-5(10)7-6(3-4)13-8(9)11-7/h2-3H,10H2,1H3. The van der Waals surface area contributed by atoms with E-state index >= 15 is 0 Å². The number of fused-ring (bicyclic) bond motifs is 1. The maximum atomic E-state index is 5.79. The third-order valence-corrected chi connectivity index (χ3v) is 3.16. The first kappa shape index (κ1) is 8.77. The topological polar surface area (TPSA) is 48.1 Å². The minimum absolute atomic E-state index is 0.649. The highest BCUT2D eigenvalue weighted by atomic mass is 79.9. The molecule has 0 spiro atoms. The van der Waals surface area contributed by atoms with Gasteiger partial charge in [-0.2, -0.15) is 0 Å². The highest BCUT2D eigenvalue weighted by Crippen LogP contribution is 2.33. The van der Waals surface area contributed by atoms with Crippen LogP contribution in [0.4, 0.5) is 5.69 Å². The molecule has 2 N–H and O–H groups in total. The number of nitrogen functional groups attached to an aromatic ring is 1. The van der Waals surface area contributed by atoms with Gasteiger partial charge < -0.3 is 10.5 Å². The molecule has 0 radical (unpaired) electrons. The van der Waals surface area contributed by atoms with Crippen molar-refractivity contribution in [3.63, 3.8) is 0 Å². The second kappa shape index (κ2) is 3.16. The van der Waals surface area contributed by atoms with E-state index in [0.29, 0.717) is 5.69 Å². The largest absolute Gasteiger partial charge is 0.497 e. The predicted octanol–water partition coefficient (Wildman–Crippen LogP) is 2.65. The van der Waals surface area contributed by atoms with Gasteiger partial charge in [-0.15, -0.1) is 11.3 Å². The van der Waals surface area contributed by atoms with Crippen molar-refractivity contribution in [3.05, 3.63) is 16.0 Å². The van der Waals surface area contributed by atoms with Gasteiger partial charge in [0.05, 0.1) is 17.5 Å². The van der Waals surface area contributed by atoms with Crippen LogP contribution in [0.1, 0.15) is 0 Å². The Labute approximate surface area is 87.7 Å². The highest BCUT2D eigenvalue weighted by Gasteiger charge is 2.06. The Morgan fingerprint density at radius 1 is 1.54 bits per heavy atom. The van der Waals surface area contributed by atoms with Crippen molar-refractivity contribution in [1.82, 2.24) is 4.98 Å². The second-order valence-electron chi connectivity index (χ2n) is 2.53. The minimum Gasteiger partial charge on any atom is -0.497 e. The summed E-state index contributed by atoms with van der Waals surface area (Å²) in [7, 11) is 1.62. The zero-order valence-corrected chi connectivity index (χ0v) is 9.28. The van der Waals surface area contributed by atoms with Gasteiger partial charge in [0.15, 0.2) is 3.92 Å². The maximum absolute atomic E-state index is 5.79. The first-order valence-electron chi connectivity index (χ1n) is 3.60. The summed E-state index contributed by atoms with van der Waals surface area (Å²) in [5.41, 5.74) is 7.27. The van der Waals surface area contributed by atoms with E-state index < -0.39 is 0 Å². The second-order valence-corrected chi connectivity index (χ2v) is 4.84. The molecule has 0 aliphatic carbocycles. The summed E-state index contributed by atoms with van der Waals surface area (Å²) < 4.78 is 6.96. The van der Waals surface area contributed by atoms with E-state index in [4.69, 9.17) is 10.5 Å². The predicted molar refractivity (Wildman–Crippen MR) is 58.3 cm³/mol. The number of nitrogens with zero attached hydrogens (tertiary/aromatic N) is 1. The van der Waals surface area contributed by atoms with Crippen LogP contribution in [0.2, 0.25) is 0 Å². The van der Waals surface area contributed by atoms with Crippen LogP contribution in [0.25, 0.3) is 10.2 Å². The van der Waals surface area contributed by atoms with Crippen molar-refractivity contribution >= 4 is 43.2 Å². The van der Waals surface area contributed by atoms with Crippen molar-refractivity contribution in [1.29, 1.82) is 0 Å². The molecule has 0 atom stereocenters. The number of ether oxygens (including phenoxy) is 1. The summed E-state index contributed by atoms with van der Waals surface area (Å²) >= 11 is 4.86. The molecule has 0 fully saturated rings. The maximum Gasteiger partial charge on any atom is 0.160 e. The quantitative estimate of drug-likeness (QED) is 0.801. The third kappa shape index (κ3) is 1.49. The average molecular weight is 259 g/mol. The van der Waals surface area contributed by atoms with Crippen LogP contribution in [0.3, 0.4) is 0 Å². The molecule has 0 aliphatic rings. The van der Waals surface area contributed by atoms with Gasteiger partial charge in [0, 0.05) is 6.07 Å². The molecular formula is C8H7BrN2OS. The Hall–Kier alpha value is -0.810. The van der Waals surface area contributed by atoms with Crippen LogP contribution in [0.15, 0.2) is 16.0 Å². The number of methoxy groups -OCH3 is 1. The first-order valence-corrected chi connectivity index (χ1v) is 5.21. The van der Waals surface area contributed by atoms with Gasteiger partial charge in [0.25, 0.3) is 0 Å². The molecule has 1 heterocycles. The summed E-state index contributed by atoms with van der Waals surface area (Å²) in [4.78, 5) is 4.24. The fourth-order valence-electron chi connectivity index (χ4n) is 1.12. The number of anilines is 1. The first-order chi connectivity index (χ1) is 6.20. The Kier molecular flexibility index (Phi) is 2.13. The summed E-state index contributed by atoms with van der Waals surface area (Å²) in [6.07, 6.45) is 0. The number of hydrogen-bond donors (Lipinski definition) is 1. The highest BCUT2D eigenvalue weighted by molar-refractivity contribution is 9.11. The average Bonchev–Trinajstić information content (AvgIpc) is 2.46. The van der Waals surface area contributed by atoms with Crippen LogP contribution in [0.5, 0.6) is 5.75 Å². The van der Waals surface area contributed by atoms with Crippen molar-refractivity contribution < 1.29 is 4.74 Å². The fraction of sp³-hybridized carbons (Fsp3) is 0.125. The molecule has 3 nitrogen and oxygen atoms in total. The number of benzene rings is 1. The Morgan fingerprint density at radius 2 is 2.31 bits per heavy atom. The summed E-state index contributed by atoms with van der Waals surface area (Å²) in [6.45, 7) is 0. The van der Waals surface area contributed by atoms with Crippen LogP contribution in [0, 0.1) is 0 Å². The molecule has 0 unspecified atom stereocenters. The Balaban J connectivity index is 2.75. The van der Waals surface area contributed by atoms with Crippen molar-refractivity contribution in [2.24, 2.45) is 0 Å². The number of nitrogens with two attached hydrogens (primary N) is 1. The van der Waals surface area contributed by atoms with Crippen LogP contribution in [-0.2, 0) is 0 Å². The number of thiazole rings is 1. The summed E-state index contributed by atoms with van der Waals surface area (Å²) in [6, 6.07) is 3.70. The molecule has 13 heavy (non-hydrogen) atoms. The summed E-state index contributed by atoms with van der Waals surface area (Å²) in [5.74, 6) is 0.765. The van der Waals surface area contributed by atoms with Gasteiger partial charge in [-0.25, -0.2) is 4.98 Å². The lowest BCUT2D eigenvalue weighted by atomic mass is 10.3. The van der Waals surface area contributed by atoms with E-state index in [0.717, 1.165) is 19.9 Å². The zero-order valence-electron chi connectivity index (χ0n) is 6.87. The minimum atomic E-state index is 0.649. The molecule has 68 valence electrons. The van der Waals surface area contributed by atoms with E-state index in [2.05, 4.69) is 20.9 Å². The number of rotatable bonds is 1. The van der Waals surface area contributed by atoms with Gasteiger partial charge in [-0.3, -0.25) is 0 Å². The number of hydrogen-bond acceptors (Lipinski definition) is 4. The van der Waals surface area contributed by atoms with Gasteiger partial charge in [-0.1, -0.05) is 0 Å². The lowest BCUT2D eigenvalue weighted by Gasteiger charge is -2.00. The zero-order chi connectivity index (χ0) is 9.42. The molecule has 2 aromatic rings. The SMILES string of the molecule is COc1cc(N)c2nc(Br)sc2c1. The molecule has 0 saturated carbocycles. The van der Waals surface area contributed by atoms with E-state index in [1.807, 2.05) is 6.07 Å². The monoisotopic (exact) mass is 258 g/mol. The van der Waals surface area contributed by atoms with E-state index in [1.54, 1.807) is 24.5 Å². The smallest absolute Gasteiger partial charge is 0.160 e. The van der Waals surface area contributed by atoms with Crippen molar-refractivity contribution in [3.8, 4) is 5.75 Å². The Bertz CT molecular complexity index is 455. The molecule has 0 saturated heterocycles. The third-order valence-electron chi connectivity index (χ3n) is 1.71. The van der Waals surface area contributed by atoms with E-state index in [1.165, 1.54) is 0 Å². The molecule has 1 aromatic carbocycles. The van der Waals surface area contributed by atoms with Crippen molar-refractivity contribution in [2.45, 2.75) is 0 Å². The van der Waals surface area contributed by atoms with Crippen LogP contribution < -0.4 is 10.5 Å². The fourth-order valence-corrected chi connectivity index (χ4v) is 2.57. The van der Waals surface area contributed by atoms with Crippen molar-refractivity contribution in [2.75, 3.05) is 12.8 Å². The number of halogens is 1. The molecular weight excluding hydrogens is 252 g/mol. The lowest BCUT2D eigenvalue weighted by molar-refractivity contribution is 0.415. The van der Waals surface area contributed by atoms with E-state index in [-0.39, 0.29) is 0 Å². The molecule has 0 bridgehead atoms. The molecule has 2 rings (SSSR count). The molecule has 0 aliphatic heterocycles. The van der Waals surface area contributed by atoms with Gasteiger partial charge in [-0.05, 0) is 22.0 Å². The van der Waals surface area contributed by atoms with Crippen LogP contribution >= 0.6 is 27.3 Å². The van der Waals surface area contributed by atoms with Gasteiger partial charge in [0.1, 0.15) is 11.3 Å². The van der Waals surface area contributed by atoms with Crippen LogP contribution in [-0.4, -0.2) is 12.1 Å². The molecule has 1 aromatic heterocycles. The molecule has 0 amide bonds. The summed E-state index contributed by atoms with van der Waals surface area (Å²) in [5, 5.41) is 0. The lowest BCUT2D eigenvalue weighted by Crippen LogP contribution is -1.89. The van der Waals surface area contributed by atoms with Gasteiger partial charge in [0.2, 0.25) is 0 Å². The normalized spacial score (nSPS) is 10.6. The molecule has 5 heteroatoms.